The molecule has 0 bridgehead atoms. The number of carbonyl (C=O) groups is 4. The van der Waals surface area contributed by atoms with Crippen LogP contribution in [0.2, 0.25) is 0 Å². The number of ether oxygens (including phenoxy) is 4. The number of hydrogen-bond acceptors (Lipinski definition) is 15. The van der Waals surface area contributed by atoms with Gasteiger partial charge in [-0.3, -0.25) is 37.3 Å². The van der Waals surface area contributed by atoms with E-state index < -0.39 is 97.5 Å². The van der Waals surface area contributed by atoms with Gasteiger partial charge in [-0.05, 0) is 31.6 Å². The first-order valence-electron chi connectivity index (χ1n) is 39.1. The molecule has 0 aromatic rings. The summed E-state index contributed by atoms with van der Waals surface area (Å²) < 4.78 is 68.3. The van der Waals surface area contributed by atoms with Gasteiger partial charge in [-0.2, -0.15) is 0 Å². The van der Waals surface area contributed by atoms with Crippen LogP contribution in [0.4, 0.5) is 0 Å². The van der Waals surface area contributed by atoms with Crippen LogP contribution in [0.15, 0.2) is 0 Å². The fraction of sp³-hybridized carbons (Fsp3) is 0.947. The molecule has 0 aromatic carbocycles. The summed E-state index contributed by atoms with van der Waals surface area (Å²) in [6.07, 6.45) is 57.0. The van der Waals surface area contributed by atoms with Gasteiger partial charge in [0.05, 0.1) is 26.4 Å². The predicted octanol–water partition coefficient (Wildman–Crippen LogP) is 22.1. The molecule has 0 amide bonds. The van der Waals surface area contributed by atoms with Crippen molar-refractivity contribution in [1.82, 2.24) is 0 Å². The summed E-state index contributed by atoms with van der Waals surface area (Å²) in [5, 5.41) is 10.6. The molecular formula is C75H146O17P2. The average Bonchev–Trinajstić information content (AvgIpc) is 3.10. The van der Waals surface area contributed by atoms with E-state index in [1.165, 1.54) is 205 Å². The Kier molecular flexibility index (Phi) is 66.8. The molecule has 0 heterocycles. The van der Waals surface area contributed by atoms with Crippen molar-refractivity contribution in [1.29, 1.82) is 0 Å². The molecule has 19 heteroatoms. The average molecular weight is 1380 g/mol. The van der Waals surface area contributed by atoms with Crippen molar-refractivity contribution in [2.24, 2.45) is 5.92 Å². The van der Waals surface area contributed by atoms with E-state index in [4.69, 9.17) is 37.0 Å². The molecule has 3 N–H and O–H groups in total. The van der Waals surface area contributed by atoms with Crippen LogP contribution in [0.25, 0.3) is 0 Å². The molecular weight excluding hydrogens is 1230 g/mol. The minimum Gasteiger partial charge on any atom is -0.462 e. The van der Waals surface area contributed by atoms with Gasteiger partial charge in [-0.1, -0.05) is 343 Å². The van der Waals surface area contributed by atoms with Gasteiger partial charge in [0.25, 0.3) is 0 Å². The summed E-state index contributed by atoms with van der Waals surface area (Å²) in [4.78, 5) is 72.6. The van der Waals surface area contributed by atoms with Crippen molar-refractivity contribution in [3.05, 3.63) is 0 Å². The Balaban J connectivity index is 5.16. The highest BCUT2D eigenvalue weighted by atomic mass is 31.2. The van der Waals surface area contributed by atoms with Gasteiger partial charge >= 0.3 is 39.5 Å². The predicted molar refractivity (Wildman–Crippen MR) is 382 cm³/mol. The van der Waals surface area contributed by atoms with Crippen LogP contribution in [-0.4, -0.2) is 96.7 Å². The van der Waals surface area contributed by atoms with Crippen LogP contribution >= 0.6 is 15.6 Å². The summed E-state index contributed by atoms with van der Waals surface area (Å²) >= 11 is 0. The number of phosphoric ester groups is 2. The maximum atomic E-state index is 13.1. The second kappa shape index (κ2) is 68.2. The second-order valence-electron chi connectivity index (χ2n) is 27.5. The van der Waals surface area contributed by atoms with Crippen molar-refractivity contribution in [3.63, 3.8) is 0 Å². The van der Waals surface area contributed by atoms with Crippen molar-refractivity contribution in [3.8, 4) is 0 Å². The summed E-state index contributed by atoms with van der Waals surface area (Å²) in [6.45, 7) is 7.28. The Hall–Kier alpha value is -1.94. The Morgan fingerprint density at radius 3 is 0.723 bits per heavy atom. The zero-order chi connectivity index (χ0) is 69.1. The van der Waals surface area contributed by atoms with Crippen molar-refractivity contribution >= 4 is 39.5 Å². The molecule has 0 aromatic heterocycles. The number of carbonyl (C=O) groups excluding carboxylic acids is 4. The standard InChI is InChI=1S/C75H146O17P2/c1-6-9-12-15-18-20-22-23-28-32-36-39-44-49-54-59-73(78)86-65-71(92-75(80)61-56-51-46-41-37-33-30-27-25-24-26-29-31-35-38-43-47-52-57-68(4)5)67-90-94(83,84)88-63-69(76)62-87-93(81,82)89-66-70(64-85-72(77)58-53-48-42-17-14-11-8-3)91-74(79)60-55-50-45-40-34-21-19-16-13-10-7-2/h68-71,76H,6-67H2,1-5H3,(H,81,82)(H,83,84)/t69-,70+,71+/m0/s1. The van der Waals surface area contributed by atoms with E-state index in [2.05, 4.69) is 34.6 Å². The molecule has 0 radical (unpaired) electrons. The van der Waals surface area contributed by atoms with Crippen molar-refractivity contribution in [2.45, 2.75) is 412 Å². The molecule has 0 saturated carbocycles. The Morgan fingerprint density at radius 2 is 0.489 bits per heavy atom. The van der Waals surface area contributed by atoms with Gasteiger partial charge in [-0.15, -0.1) is 0 Å². The third kappa shape index (κ3) is 68.6. The fourth-order valence-electron chi connectivity index (χ4n) is 11.5. The number of aliphatic hydroxyl groups excluding tert-OH is 1. The first-order valence-corrected chi connectivity index (χ1v) is 42.1. The molecule has 0 aliphatic rings. The number of esters is 4. The van der Waals surface area contributed by atoms with Gasteiger partial charge in [-0.25, -0.2) is 9.13 Å². The topological polar surface area (TPSA) is 237 Å². The molecule has 94 heavy (non-hydrogen) atoms. The van der Waals surface area contributed by atoms with Gasteiger partial charge in [0, 0.05) is 25.7 Å². The number of hydrogen-bond donors (Lipinski definition) is 3. The highest BCUT2D eigenvalue weighted by Crippen LogP contribution is 2.45. The van der Waals surface area contributed by atoms with Crippen LogP contribution in [0, 0.1) is 5.92 Å². The molecule has 0 aliphatic carbocycles. The number of aliphatic hydroxyl groups is 1. The van der Waals surface area contributed by atoms with E-state index in [0.717, 1.165) is 109 Å². The van der Waals surface area contributed by atoms with Crippen molar-refractivity contribution in [2.75, 3.05) is 39.6 Å². The molecule has 0 spiro atoms. The highest BCUT2D eigenvalue weighted by molar-refractivity contribution is 7.47. The van der Waals surface area contributed by atoms with Gasteiger partial charge < -0.3 is 33.8 Å². The zero-order valence-corrected chi connectivity index (χ0v) is 62.9. The van der Waals surface area contributed by atoms with E-state index >= 15 is 0 Å². The molecule has 0 rings (SSSR count). The molecule has 0 saturated heterocycles. The largest absolute Gasteiger partial charge is 0.472 e. The van der Waals surface area contributed by atoms with E-state index in [-0.39, 0.29) is 25.7 Å². The van der Waals surface area contributed by atoms with E-state index in [1.807, 2.05) is 0 Å². The monoisotopic (exact) mass is 1380 g/mol. The molecule has 2 unspecified atom stereocenters. The molecule has 17 nitrogen and oxygen atoms in total. The quantitative estimate of drug-likeness (QED) is 0.0222. The summed E-state index contributed by atoms with van der Waals surface area (Å²) in [7, 11) is -9.90. The summed E-state index contributed by atoms with van der Waals surface area (Å²) in [5.41, 5.74) is 0. The lowest BCUT2D eigenvalue weighted by Crippen LogP contribution is -2.30. The van der Waals surface area contributed by atoms with Crippen LogP contribution in [0.3, 0.4) is 0 Å². The van der Waals surface area contributed by atoms with Gasteiger partial charge in [0.15, 0.2) is 12.2 Å². The van der Waals surface area contributed by atoms with Gasteiger partial charge in [0.2, 0.25) is 0 Å². The highest BCUT2D eigenvalue weighted by Gasteiger charge is 2.30. The minimum absolute atomic E-state index is 0.107. The minimum atomic E-state index is -4.95. The van der Waals surface area contributed by atoms with Crippen LogP contribution in [0.1, 0.15) is 394 Å². The molecule has 0 fully saturated rings. The lowest BCUT2D eigenvalue weighted by Gasteiger charge is -2.21. The molecule has 558 valence electrons. The molecule has 5 atom stereocenters. The Morgan fingerprint density at radius 1 is 0.287 bits per heavy atom. The number of rotatable bonds is 75. The third-order valence-corrected chi connectivity index (χ3v) is 19.4. The second-order valence-corrected chi connectivity index (χ2v) is 30.4. The first-order chi connectivity index (χ1) is 45.5. The third-order valence-electron chi connectivity index (χ3n) is 17.5. The van der Waals surface area contributed by atoms with E-state index in [9.17, 15) is 43.2 Å². The van der Waals surface area contributed by atoms with E-state index in [0.29, 0.717) is 25.7 Å². The zero-order valence-electron chi connectivity index (χ0n) is 61.1. The Bertz CT molecular complexity index is 1810. The SMILES string of the molecule is CCCCCCCCCCCCCCCCCC(=O)OC[C@H](COP(=O)(O)OC[C@@H](O)COP(=O)(O)OC[C@@H](COC(=O)CCCCCCCCC)OC(=O)CCCCCCCCCCCCC)OC(=O)CCCCCCCCCCCCCCCCCCCCC(C)C. The van der Waals surface area contributed by atoms with Crippen LogP contribution in [-0.2, 0) is 65.4 Å². The lowest BCUT2D eigenvalue weighted by molar-refractivity contribution is -0.161. The van der Waals surface area contributed by atoms with Crippen LogP contribution < -0.4 is 0 Å². The normalized spacial score (nSPS) is 14.0. The molecule has 0 aliphatic heterocycles. The van der Waals surface area contributed by atoms with Crippen molar-refractivity contribution < 1.29 is 80.2 Å². The summed E-state index contributed by atoms with van der Waals surface area (Å²) in [6, 6.07) is 0. The maximum Gasteiger partial charge on any atom is 0.472 e. The maximum absolute atomic E-state index is 13.1. The fourth-order valence-corrected chi connectivity index (χ4v) is 13.1. The van der Waals surface area contributed by atoms with Crippen LogP contribution in [0.5, 0.6) is 0 Å². The number of phosphoric acid groups is 2. The number of unbranched alkanes of at least 4 members (excludes halogenated alkanes) is 47. The first kappa shape index (κ1) is 92.1. The smallest absolute Gasteiger partial charge is 0.462 e. The van der Waals surface area contributed by atoms with Gasteiger partial charge in [0.1, 0.15) is 19.3 Å². The Labute approximate surface area is 575 Å². The lowest BCUT2D eigenvalue weighted by atomic mass is 10.0. The van der Waals surface area contributed by atoms with E-state index in [1.54, 1.807) is 0 Å². The summed E-state index contributed by atoms with van der Waals surface area (Å²) in [5.74, 6) is -1.30.